The van der Waals surface area contributed by atoms with E-state index in [1.165, 1.54) is 31.4 Å². The summed E-state index contributed by atoms with van der Waals surface area (Å²) in [5, 5.41) is 9.02. The Morgan fingerprint density at radius 1 is 0.939 bits per heavy atom. The lowest BCUT2D eigenvalue weighted by Crippen LogP contribution is -2.34. The summed E-state index contributed by atoms with van der Waals surface area (Å²) in [5.74, 6) is -0.796. The molecule has 166 valence electrons. The van der Waals surface area contributed by atoms with E-state index < -0.39 is 17.6 Å². The van der Waals surface area contributed by atoms with Crippen molar-refractivity contribution in [3.63, 3.8) is 0 Å². The highest BCUT2D eigenvalue weighted by atomic mass is 32.1. The Balaban J connectivity index is 1.42. The van der Waals surface area contributed by atoms with Crippen molar-refractivity contribution in [1.82, 2.24) is 5.32 Å². The van der Waals surface area contributed by atoms with E-state index in [1.807, 2.05) is 18.2 Å². The maximum absolute atomic E-state index is 13.0. The number of hydrogen-bond acceptors (Lipinski definition) is 5. The smallest absolute Gasteiger partial charge is 0.291 e. The van der Waals surface area contributed by atoms with Crippen molar-refractivity contribution in [3.05, 3.63) is 89.9 Å². The van der Waals surface area contributed by atoms with E-state index >= 15 is 0 Å². The number of carbonyl (C=O) groups is 2. The summed E-state index contributed by atoms with van der Waals surface area (Å²) in [5.41, 5.74) is 1.83. The van der Waals surface area contributed by atoms with Crippen molar-refractivity contribution in [1.29, 1.82) is 0 Å². The molecule has 0 fully saturated rings. The Morgan fingerprint density at radius 2 is 1.70 bits per heavy atom. The van der Waals surface area contributed by atoms with Crippen molar-refractivity contribution in [2.45, 2.75) is 0 Å². The zero-order chi connectivity index (χ0) is 23.4. The van der Waals surface area contributed by atoms with Gasteiger partial charge in [0.05, 0.1) is 12.8 Å². The first kappa shape index (κ1) is 22.0. The lowest BCUT2D eigenvalue weighted by Gasteiger charge is -2.13. The minimum absolute atomic E-state index is 0.0467. The fourth-order valence-electron chi connectivity index (χ4n) is 3.09. The number of thiocarbonyl (C=S) groups is 1. The molecule has 0 saturated heterocycles. The molecule has 3 aromatic carbocycles. The van der Waals surface area contributed by atoms with Crippen LogP contribution in [0.5, 0.6) is 5.75 Å². The van der Waals surface area contributed by atoms with Crippen LogP contribution in [0.25, 0.3) is 11.0 Å². The maximum atomic E-state index is 13.0. The first-order valence-electron chi connectivity index (χ1n) is 9.79. The summed E-state index contributed by atoms with van der Waals surface area (Å²) in [4.78, 5) is 24.8. The number of ether oxygens (including phenoxy) is 1. The highest BCUT2D eigenvalue weighted by Crippen LogP contribution is 2.29. The number of furan rings is 1. The number of benzene rings is 3. The standard InChI is InChI=1S/C24H18FN3O4S/c1-31-20-13-17(26-24(33)28-22(29)14-6-8-16(25)9-7-14)10-11-18(20)27-23(30)21-12-15-4-2-3-5-19(15)32-21/h2-13H,1H3,(H,27,30)(H2,26,28,29,33). The average Bonchev–Trinajstić information content (AvgIpc) is 3.25. The second-order valence-corrected chi connectivity index (χ2v) is 7.34. The van der Waals surface area contributed by atoms with E-state index in [4.69, 9.17) is 21.4 Å². The topological polar surface area (TPSA) is 92.6 Å². The van der Waals surface area contributed by atoms with E-state index in [1.54, 1.807) is 30.3 Å². The third-order valence-electron chi connectivity index (χ3n) is 4.69. The predicted molar refractivity (Wildman–Crippen MR) is 127 cm³/mol. The van der Waals surface area contributed by atoms with E-state index in [-0.39, 0.29) is 16.4 Å². The van der Waals surface area contributed by atoms with Gasteiger partial charge in [0.2, 0.25) is 0 Å². The van der Waals surface area contributed by atoms with Gasteiger partial charge >= 0.3 is 0 Å². The van der Waals surface area contributed by atoms with E-state index in [0.717, 1.165) is 5.39 Å². The van der Waals surface area contributed by atoms with Gasteiger partial charge in [-0.05, 0) is 60.7 Å². The van der Waals surface area contributed by atoms with Crippen LogP contribution in [0.2, 0.25) is 0 Å². The monoisotopic (exact) mass is 463 g/mol. The number of carbonyl (C=O) groups excluding carboxylic acids is 2. The average molecular weight is 463 g/mol. The molecule has 3 N–H and O–H groups in total. The number of amides is 2. The Kier molecular flexibility index (Phi) is 6.32. The third-order valence-corrected chi connectivity index (χ3v) is 4.89. The summed E-state index contributed by atoms with van der Waals surface area (Å²) in [6, 6.07) is 19.0. The molecule has 1 aromatic heterocycles. The molecule has 7 nitrogen and oxygen atoms in total. The third kappa shape index (κ3) is 5.16. The number of hydrogen-bond donors (Lipinski definition) is 3. The van der Waals surface area contributed by atoms with Gasteiger partial charge < -0.3 is 19.8 Å². The zero-order valence-electron chi connectivity index (χ0n) is 17.3. The second-order valence-electron chi connectivity index (χ2n) is 6.93. The second kappa shape index (κ2) is 9.49. The van der Waals surface area contributed by atoms with Gasteiger partial charge in [0.15, 0.2) is 10.9 Å². The molecule has 33 heavy (non-hydrogen) atoms. The lowest BCUT2D eigenvalue weighted by molar-refractivity contribution is 0.0975. The van der Waals surface area contributed by atoms with Crippen LogP contribution < -0.4 is 20.7 Å². The van der Waals surface area contributed by atoms with E-state index in [0.29, 0.717) is 22.7 Å². The highest BCUT2D eigenvalue weighted by molar-refractivity contribution is 7.80. The number of fused-ring (bicyclic) bond motifs is 1. The van der Waals surface area contributed by atoms with Crippen molar-refractivity contribution in [2.75, 3.05) is 17.7 Å². The predicted octanol–water partition coefficient (Wildman–Crippen LogP) is 4.96. The van der Waals surface area contributed by atoms with Crippen LogP contribution in [0.4, 0.5) is 15.8 Å². The number of methoxy groups -OCH3 is 1. The van der Waals surface area contributed by atoms with Gasteiger partial charge in [0.25, 0.3) is 11.8 Å². The lowest BCUT2D eigenvalue weighted by atomic mass is 10.2. The van der Waals surface area contributed by atoms with Crippen LogP contribution in [0.3, 0.4) is 0 Å². The van der Waals surface area contributed by atoms with Crippen LogP contribution in [0, 0.1) is 5.82 Å². The van der Waals surface area contributed by atoms with Gasteiger partial charge in [-0.2, -0.15) is 0 Å². The molecule has 1 heterocycles. The van der Waals surface area contributed by atoms with Crippen LogP contribution >= 0.6 is 12.2 Å². The number of rotatable bonds is 5. The van der Waals surface area contributed by atoms with Crippen LogP contribution in [0.1, 0.15) is 20.9 Å². The molecule has 9 heteroatoms. The summed E-state index contributed by atoms with van der Waals surface area (Å²) in [6.45, 7) is 0. The molecule has 0 saturated carbocycles. The quantitative estimate of drug-likeness (QED) is 0.363. The first-order chi connectivity index (χ1) is 15.9. The van der Waals surface area contributed by atoms with Crippen LogP contribution in [-0.4, -0.2) is 24.0 Å². The molecule has 0 atom stereocenters. The Bertz CT molecular complexity index is 1320. The zero-order valence-corrected chi connectivity index (χ0v) is 18.2. The fourth-order valence-corrected chi connectivity index (χ4v) is 3.30. The van der Waals surface area contributed by atoms with E-state index in [9.17, 15) is 14.0 Å². The normalized spacial score (nSPS) is 10.5. The van der Waals surface area contributed by atoms with E-state index in [2.05, 4.69) is 16.0 Å². The molecule has 4 aromatic rings. The summed E-state index contributed by atoms with van der Waals surface area (Å²) in [7, 11) is 1.46. The molecular weight excluding hydrogens is 445 g/mol. The van der Waals surface area contributed by atoms with Crippen molar-refractivity contribution < 1.29 is 23.1 Å². The number of nitrogens with one attached hydrogen (secondary N) is 3. The number of halogens is 1. The van der Waals surface area contributed by atoms with Crippen LogP contribution in [-0.2, 0) is 0 Å². The molecular formula is C24H18FN3O4S. The SMILES string of the molecule is COc1cc(NC(=S)NC(=O)c2ccc(F)cc2)ccc1NC(=O)c1cc2ccccc2o1. The Morgan fingerprint density at radius 3 is 2.42 bits per heavy atom. The summed E-state index contributed by atoms with van der Waals surface area (Å²) >= 11 is 5.18. The van der Waals surface area contributed by atoms with Crippen molar-refractivity contribution >= 4 is 51.5 Å². The maximum Gasteiger partial charge on any atom is 0.291 e. The van der Waals surface area contributed by atoms with Gasteiger partial charge in [-0.25, -0.2) is 4.39 Å². The molecule has 0 aliphatic carbocycles. The highest BCUT2D eigenvalue weighted by Gasteiger charge is 2.15. The summed E-state index contributed by atoms with van der Waals surface area (Å²) < 4.78 is 24.0. The molecule has 2 amide bonds. The van der Waals surface area contributed by atoms with Gasteiger partial charge in [0, 0.05) is 22.7 Å². The van der Waals surface area contributed by atoms with Gasteiger partial charge in [-0.1, -0.05) is 18.2 Å². The van der Waals surface area contributed by atoms with Crippen LogP contribution in [0.15, 0.2) is 77.2 Å². The first-order valence-corrected chi connectivity index (χ1v) is 10.2. The molecule has 0 aliphatic rings. The molecule has 0 aliphatic heterocycles. The van der Waals surface area contributed by atoms with Crippen molar-refractivity contribution in [2.24, 2.45) is 0 Å². The Hall–Kier alpha value is -4.24. The van der Waals surface area contributed by atoms with Gasteiger partial charge in [0.1, 0.15) is 17.1 Å². The van der Waals surface area contributed by atoms with Gasteiger partial charge in [-0.15, -0.1) is 0 Å². The number of para-hydroxylation sites is 1. The largest absolute Gasteiger partial charge is 0.494 e. The fraction of sp³-hybridized carbons (Fsp3) is 0.0417. The summed E-state index contributed by atoms with van der Waals surface area (Å²) in [6.07, 6.45) is 0. The van der Waals surface area contributed by atoms with Gasteiger partial charge in [-0.3, -0.25) is 14.9 Å². The minimum Gasteiger partial charge on any atom is -0.494 e. The molecule has 0 radical (unpaired) electrons. The minimum atomic E-state index is -0.478. The Labute approximate surface area is 193 Å². The number of anilines is 2. The molecule has 0 spiro atoms. The molecule has 4 rings (SSSR count). The molecule has 0 bridgehead atoms. The molecule has 0 unspecified atom stereocenters. The van der Waals surface area contributed by atoms with Crippen molar-refractivity contribution in [3.8, 4) is 5.75 Å².